The van der Waals surface area contributed by atoms with Gasteiger partial charge in [-0.1, -0.05) is 200 Å². The van der Waals surface area contributed by atoms with Crippen molar-refractivity contribution in [3.63, 3.8) is 0 Å². The van der Waals surface area contributed by atoms with Crippen LogP contribution in [-0.2, 0) is 6.42 Å². The lowest BCUT2D eigenvalue weighted by Crippen LogP contribution is -2.10. The highest BCUT2D eigenvalue weighted by molar-refractivity contribution is 7.25. The summed E-state index contributed by atoms with van der Waals surface area (Å²) in [6.45, 7) is 19.4. The third-order valence-electron chi connectivity index (χ3n) is 13.9. The molecule has 2 nitrogen and oxygen atoms in total. The Balaban J connectivity index is 0.000000699. The zero-order valence-electron chi connectivity index (χ0n) is 45.0. The number of benzene rings is 9. The maximum Gasteiger partial charge on any atom is 0.0541 e. The first kappa shape index (κ1) is 51.4. The Morgan fingerprint density at radius 1 is 0.514 bits per heavy atom. The molecule has 0 saturated carbocycles. The van der Waals surface area contributed by atoms with Crippen LogP contribution in [0, 0.1) is 11.8 Å². The van der Waals surface area contributed by atoms with Crippen molar-refractivity contribution < 1.29 is 0 Å². The van der Waals surface area contributed by atoms with Crippen LogP contribution in [0.1, 0.15) is 87.1 Å². The van der Waals surface area contributed by atoms with Gasteiger partial charge in [0.2, 0.25) is 0 Å². The van der Waals surface area contributed by atoms with Crippen molar-refractivity contribution in [1.29, 1.82) is 0 Å². The molecule has 0 N–H and O–H groups in total. The van der Waals surface area contributed by atoms with Gasteiger partial charge in [-0.25, -0.2) is 0 Å². The minimum absolute atomic E-state index is 0.484. The molecule has 0 radical (unpaired) electrons. The molecule has 0 fully saturated rings. The average Bonchev–Trinajstić information content (AvgIpc) is 3.98. The smallest absolute Gasteiger partial charge is 0.0541 e. The lowest BCUT2D eigenvalue weighted by Gasteiger charge is -2.26. The van der Waals surface area contributed by atoms with Crippen LogP contribution in [0.4, 0.5) is 17.1 Å². The van der Waals surface area contributed by atoms with Crippen molar-refractivity contribution in [2.45, 2.75) is 88.0 Å². The highest BCUT2D eigenvalue weighted by Gasteiger charge is 2.20. The maximum atomic E-state index is 2.47. The van der Waals surface area contributed by atoms with Gasteiger partial charge in [0.15, 0.2) is 0 Å². The molecule has 3 heteroatoms. The molecule has 0 saturated heterocycles. The lowest BCUT2D eigenvalue weighted by atomic mass is 9.83. The van der Waals surface area contributed by atoms with E-state index in [1.165, 1.54) is 98.2 Å². The Labute approximate surface area is 445 Å². The highest BCUT2D eigenvalue weighted by Crippen LogP contribution is 2.43. The number of aryl methyl sites for hydroxylation is 1. The van der Waals surface area contributed by atoms with Crippen molar-refractivity contribution in [2.24, 2.45) is 11.8 Å². The van der Waals surface area contributed by atoms with Gasteiger partial charge in [0.1, 0.15) is 0 Å². The Morgan fingerprint density at radius 2 is 1.09 bits per heavy atom. The van der Waals surface area contributed by atoms with Gasteiger partial charge >= 0.3 is 0 Å². The first-order chi connectivity index (χ1) is 36.2. The quantitative estimate of drug-likeness (QED) is 0.131. The molecule has 1 aliphatic rings. The van der Waals surface area contributed by atoms with Gasteiger partial charge in [-0.15, -0.1) is 11.3 Å². The molecule has 2 aromatic heterocycles. The summed E-state index contributed by atoms with van der Waals surface area (Å²) in [5.74, 6) is 1.32. The topological polar surface area (TPSA) is 8.17 Å². The molecule has 0 spiro atoms. The van der Waals surface area contributed by atoms with Crippen molar-refractivity contribution >= 4 is 81.1 Å². The second-order valence-electron chi connectivity index (χ2n) is 20.1. The minimum atomic E-state index is 0.484. The van der Waals surface area contributed by atoms with Crippen molar-refractivity contribution in [3.05, 3.63) is 229 Å². The molecule has 74 heavy (non-hydrogen) atoms. The Kier molecular flexibility index (Phi) is 16.4. The van der Waals surface area contributed by atoms with E-state index in [1.807, 2.05) is 25.2 Å². The van der Waals surface area contributed by atoms with Crippen LogP contribution in [0.3, 0.4) is 0 Å². The van der Waals surface area contributed by atoms with E-state index < -0.39 is 0 Å². The van der Waals surface area contributed by atoms with Gasteiger partial charge < -0.3 is 9.47 Å². The predicted molar refractivity (Wildman–Crippen MR) is 328 cm³/mol. The first-order valence-electron chi connectivity index (χ1n) is 27.1. The number of para-hydroxylation sites is 3. The van der Waals surface area contributed by atoms with Crippen molar-refractivity contribution in [1.82, 2.24) is 4.57 Å². The van der Waals surface area contributed by atoms with Gasteiger partial charge in [-0.05, 0) is 162 Å². The van der Waals surface area contributed by atoms with Crippen LogP contribution in [0.5, 0.6) is 0 Å². The SMILES string of the molecule is CC.CC(C)C.CC1=CCC=C(CCc2c(-c3ccc4sc5ccccc5c4c3)ccc3cc(N(c4ccccc4)c4ccc(-c5ccc6c(c5)c5ccccc5n6-c5ccccc5)cc4)ccc23)C1C.CCC. The van der Waals surface area contributed by atoms with E-state index in [-0.39, 0.29) is 0 Å². The molecule has 1 atom stereocenters. The van der Waals surface area contributed by atoms with E-state index in [0.717, 1.165) is 42.2 Å². The standard InChI is InChI=1S/C62H48N2S.C4H10.C3H8.C2H6/c1-41-14-13-15-43(42(41)2)26-34-54-52(47-29-37-62-58(40-47)56-21-10-12-23-61(56)65-62)33-27-46-38-51(32-35-53(46)54)63(48-16-5-3-6-17-48)50-30-24-44(25-31-50)45-28-36-60-57(39-45)55-20-9-11-22-59(55)64(60)49-18-7-4-8-19-49;1-4(2)3;1-3-2;1-2/h3-12,14-25,27-33,35-40,42H,13,26,34H2,1-2H3;4H,1-3H3;3H2,1-2H3;1-2H3. The number of thiophene rings is 1. The predicted octanol–water partition coefficient (Wildman–Crippen LogP) is 22.1. The molecule has 11 aromatic rings. The molecule has 1 unspecified atom stereocenters. The number of anilines is 3. The van der Waals surface area contributed by atoms with E-state index >= 15 is 0 Å². The van der Waals surface area contributed by atoms with E-state index in [1.54, 1.807) is 5.57 Å². The van der Waals surface area contributed by atoms with Crippen molar-refractivity contribution in [2.75, 3.05) is 4.90 Å². The fourth-order valence-electron chi connectivity index (χ4n) is 10.4. The number of aromatic nitrogens is 1. The summed E-state index contributed by atoms with van der Waals surface area (Å²) in [7, 11) is 0. The lowest BCUT2D eigenvalue weighted by molar-refractivity contribution is 0.715. The van der Waals surface area contributed by atoms with Gasteiger partial charge in [0.25, 0.3) is 0 Å². The zero-order valence-corrected chi connectivity index (χ0v) is 45.8. The molecular formula is C71H72N2S. The molecule has 372 valence electrons. The second kappa shape index (κ2) is 23.6. The van der Waals surface area contributed by atoms with Gasteiger partial charge in [-0.2, -0.15) is 0 Å². The van der Waals surface area contributed by atoms with Crippen LogP contribution in [0.25, 0.3) is 80.7 Å². The van der Waals surface area contributed by atoms with E-state index in [0.29, 0.717) is 5.92 Å². The summed E-state index contributed by atoms with van der Waals surface area (Å²) >= 11 is 1.88. The fourth-order valence-corrected chi connectivity index (χ4v) is 11.5. The zero-order chi connectivity index (χ0) is 51.7. The summed E-state index contributed by atoms with van der Waals surface area (Å²) in [5.41, 5.74) is 16.5. The molecule has 12 rings (SSSR count). The largest absolute Gasteiger partial charge is 0.310 e. The van der Waals surface area contributed by atoms with Crippen LogP contribution < -0.4 is 4.90 Å². The Hall–Kier alpha value is -7.46. The summed E-state index contributed by atoms with van der Waals surface area (Å²) < 4.78 is 5.06. The van der Waals surface area contributed by atoms with E-state index in [4.69, 9.17) is 0 Å². The third-order valence-corrected chi connectivity index (χ3v) is 15.1. The van der Waals surface area contributed by atoms with Gasteiger partial charge in [0, 0.05) is 53.7 Å². The molecule has 1 aliphatic carbocycles. The molecular weight excluding hydrogens is 913 g/mol. The number of allylic oxidation sites excluding steroid dienone is 4. The molecule has 0 amide bonds. The van der Waals surface area contributed by atoms with E-state index in [2.05, 4.69) is 270 Å². The third kappa shape index (κ3) is 10.8. The summed E-state index contributed by atoms with van der Waals surface area (Å²) in [5, 5.41) is 7.78. The number of nitrogens with zero attached hydrogens (tertiary/aromatic N) is 2. The number of fused-ring (bicyclic) bond motifs is 7. The van der Waals surface area contributed by atoms with Crippen LogP contribution >= 0.6 is 11.3 Å². The van der Waals surface area contributed by atoms with Gasteiger partial charge in [-0.3, -0.25) is 0 Å². The molecule has 0 bridgehead atoms. The number of hydrogen-bond donors (Lipinski definition) is 0. The van der Waals surface area contributed by atoms with E-state index in [9.17, 15) is 0 Å². The number of hydrogen-bond acceptors (Lipinski definition) is 2. The highest BCUT2D eigenvalue weighted by atomic mass is 32.1. The Bertz CT molecular complexity index is 3720. The van der Waals surface area contributed by atoms with Crippen molar-refractivity contribution in [3.8, 4) is 27.9 Å². The number of rotatable bonds is 9. The Morgan fingerprint density at radius 3 is 1.84 bits per heavy atom. The monoisotopic (exact) mass is 985 g/mol. The summed E-state index contributed by atoms with van der Waals surface area (Å²) in [4.78, 5) is 2.40. The normalized spacial score (nSPS) is 13.2. The fraction of sp³-hybridized carbons (Fsp3) is 0.211. The van der Waals surface area contributed by atoms with Crippen LogP contribution in [-0.4, -0.2) is 4.57 Å². The minimum Gasteiger partial charge on any atom is -0.310 e. The maximum absolute atomic E-state index is 2.47. The van der Waals surface area contributed by atoms with Gasteiger partial charge in [0.05, 0.1) is 11.0 Å². The molecule has 9 aromatic carbocycles. The van der Waals surface area contributed by atoms with Crippen LogP contribution in [0.2, 0.25) is 0 Å². The average molecular weight is 985 g/mol. The van der Waals surface area contributed by atoms with Crippen LogP contribution in [0.15, 0.2) is 223 Å². The summed E-state index contributed by atoms with van der Waals surface area (Å²) in [6, 6.07) is 74.0. The molecule has 0 aliphatic heterocycles. The first-order valence-corrected chi connectivity index (χ1v) is 27.9. The summed E-state index contributed by atoms with van der Waals surface area (Å²) in [6.07, 6.45) is 9.17. The molecule has 2 heterocycles. The second-order valence-corrected chi connectivity index (χ2v) is 21.2.